The van der Waals surface area contributed by atoms with Crippen LogP contribution in [0.1, 0.15) is 6.92 Å². The minimum Gasteiger partial charge on any atom is -0.505 e. The van der Waals surface area contributed by atoms with E-state index in [2.05, 4.69) is 9.64 Å². The topological polar surface area (TPSA) is 59.4 Å². The Morgan fingerprint density at radius 2 is 2.42 bits per heavy atom. The zero-order valence-corrected chi connectivity index (χ0v) is 6.60. The lowest BCUT2D eigenvalue weighted by Gasteiger charge is -2.03. The van der Waals surface area contributed by atoms with Gasteiger partial charge in [-0.25, -0.2) is 0 Å². The predicted molar refractivity (Wildman–Crippen MR) is 43.6 cm³/mol. The van der Waals surface area contributed by atoms with Crippen molar-refractivity contribution in [2.24, 2.45) is 0 Å². The van der Waals surface area contributed by atoms with E-state index in [9.17, 15) is 9.82 Å². The molecule has 0 amide bonds. The van der Waals surface area contributed by atoms with E-state index in [4.69, 9.17) is 0 Å². The van der Waals surface area contributed by atoms with Crippen LogP contribution >= 0.6 is 0 Å². The van der Waals surface area contributed by atoms with Crippen LogP contribution in [0, 0.1) is 0 Å². The predicted octanol–water partition coefficient (Wildman–Crippen LogP) is -0.668. The molecule has 0 unspecified atom stereocenters. The molecule has 12 heavy (non-hydrogen) atoms. The molecule has 1 aromatic rings. The quantitative estimate of drug-likeness (QED) is 0.590. The normalized spacial score (nSPS) is 9.17. The summed E-state index contributed by atoms with van der Waals surface area (Å²) < 4.78 is 4.49. The fourth-order valence-corrected chi connectivity index (χ4v) is 0.740. The number of hydrogen-bond donors (Lipinski definition) is 1. The lowest BCUT2D eigenvalue weighted by molar-refractivity contribution is -0.132. The molecule has 0 aliphatic rings. The van der Waals surface area contributed by atoms with Gasteiger partial charge >= 0.3 is 7.12 Å². The molecule has 0 saturated heterocycles. The van der Waals surface area contributed by atoms with Crippen molar-refractivity contribution in [3.63, 3.8) is 0 Å². The van der Waals surface area contributed by atoms with Crippen LogP contribution in [0.15, 0.2) is 24.4 Å². The summed E-state index contributed by atoms with van der Waals surface area (Å²) in [6, 6.07) is 4.99. The number of hydrogen-bond acceptors (Lipinski definition) is 4. The van der Waals surface area contributed by atoms with Crippen molar-refractivity contribution in [2.45, 2.75) is 6.92 Å². The first kappa shape index (κ1) is 8.74. The van der Waals surface area contributed by atoms with E-state index in [-0.39, 0.29) is 0 Å². The zero-order chi connectivity index (χ0) is 8.97. The molecule has 0 atom stereocenters. The molecule has 0 bridgehead atoms. The Labute approximate surface area is 70.3 Å². The Morgan fingerprint density at radius 3 is 2.92 bits per heavy atom. The summed E-state index contributed by atoms with van der Waals surface area (Å²) in [5.41, 5.74) is 0.327. The van der Waals surface area contributed by atoms with Gasteiger partial charge in [0.05, 0.1) is 5.59 Å². The summed E-state index contributed by atoms with van der Waals surface area (Å²) in [6.45, 7) is 1.23. The third kappa shape index (κ3) is 2.36. The molecular weight excluding hydrogens is 157 g/mol. The van der Waals surface area contributed by atoms with Gasteiger partial charge in [-0.3, -0.25) is 9.78 Å². The van der Waals surface area contributed by atoms with Gasteiger partial charge in [0.1, 0.15) is 0 Å². The first-order valence-electron chi connectivity index (χ1n) is 3.46. The molecule has 0 saturated carbocycles. The number of carbonyl (C=O) groups is 1. The number of pyridine rings is 1. The highest BCUT2D eigenvalue weighted by molar-refractivity contribution is 6.60. The second-order valence-corrected chi connectivity index (χ2v) is 2.22. The van der Waals surface area contributed by atoms with Crippen LogP contribution in [0.25, 0.3) is 0 Å². The lowest BCUT2D eigenvalue weighted by atomic mass is 9.85. The minimum atomic E-state index is -1.26. The van der Waals surface area contributed by atoms with Gasteiger partial charge in [0.25, 0.3) is 5.97 Å². The van der Waals surface area contributed by atoms with Crippen molar-refractivity contribution in [1.29, 1.82) is 0 Å². The molecule has 0 aromatic carbocycles. The highest BCUT2D eigenvalue weighted by Crippen LogP contribution is 1.84. The van der Waals surface area contributed by atoms with E-state index in [0.29, 0.717) is 5.59 Å². The smallest absolute Gasteiger partial charge is 0.505 e. The van der Waals surface area contributed by atoms with Crippen LogP contribution in [0.3, 0.4) is 0 Å². The number of rotatable bonds is 2. The van der Waals surface area contributed by atoms with Crippen molar-refractivity contribution in [3.05, 3.63) is 24.4 Å². The number of aromatic nitrogens is 1. The average Bonchev–Trinajstić information content (AvgIpc) is 2.05. The monoisotopic (exact) mass is 165 g/mol. The number of nitrogens with zero attached hydrogens (tertiary/aromatic N) is 1. The number of carbonyl (C=O) groups excluding carboxylic acids is 1. The molecule has 0 aliphatic carbocycles. The molecule has 0 fully saturated rings. The summed E-state index contributed by atoms with van der Waals surface area (Å²) in [5.74, 6) is -0.534. The highest BCUT2D eigenvalue weighted by atomic mass is 16.6. The van der Waals surface area contributed by atoms with Crippen LogP contribution in [-0.2, 0) is 9.45 Å². The first-order chi connectivity index (χ1) is 5.70. The Hall–Kier alpha value is -1.36. The van der Waals surface area contributed by atoms with Crippen LogP contribution in [0.4, 0.5) is 0 Å². The van der Waals surface area contributed by atoms with E-state index in [1.165, 1.54) is 13.1 Å². The van der Waals surface area contributed by atoms with Gasteiger partial charge in [0.2, 0.25) is 0 Å². The van der Waals surface area contributed by atoms with Gasteiger partial charge in [-0.1, -0.05) is 6.07 Å². The summed E-state index contributed by atoms with van der Waals surface area (Å²) in [6.07, 6.45) is 1.52. The van der Waals surface area contributed by atoms with Crippen molar-refractivity contribution < 1.29 is 14.5 Å². The first-order valence-corrected chi connectivity index (χ1v) is 3.46. The third-order valence-corrected chi connectivity index (χ3v) is 1.22. The maximum Gasteiger partial charge on any atom is 0.581 e. The second-order valence-electron chi connectivity index (χ2n) is 2.22. The molecule has 0 spiro atoms. The van der Waals surface area contributed by atoms with E-state index in [1.807, 2.05) is 0 Å². The van der Waals surface area contributed by atoms with Gasteiger partial charge in [-0.15, -0.1) is 0 Å². The summed E-state index contributed by atoms with van der Waals surface area (Å²) in [5, 5.41) is 9.19. The maximum atomic E-state index is 10.4. The molecule has 1 N–H and O–H groups in total. The van der Waals surface area contributed by atoms with Gasteiger partial charge in [-0.2, -0.15) is 0 Å². The van der Waals surface area contributed by atoms with Gasteiger partial charge in [0, 0.05) is 13.1 Å². The zero-order valence-electron chi connectivity index (χ0n) is 6.60. The molecule has 4 nitrogen and oxygen atoms in total. The maximum absolute atomic E-state index is 10.4. The standard InChI is InChI=1S/C7H8BNO3/c1-6(10)12-8(11)7-4-2-3-5-9-7/h2-5,11H,1H3. The van der Waals surface area contributed by atoms with E-state index >= 15 is 0 Å². The third-order valence-electron chi connectivity index (χ3n) is 1.22. The molecule has 1 rings (SSSR count). The van der Waals surface area contributed by atoms with Gasteiger partial charge in [-0.05, 0) is 12.1 Å². The highest BCUT2D eigenvalue weighted by Gasteiger charge is 2.20. The molecule has 1 aromatic heterocycles. The Balaban J connectivity index is 2.65. The second kappa shape index (κ2) is 3.87. The fourth-order valence-electron chi connectivity index (χ4n) is 0.740. The van der Waals surface area contributed by atoms with Gasteiger partial charge in [0.15, 0.2) is 0 Å². The van der Waals surface area contributed by atoms with E-state index < -0.39 is 13.1 Å². The Kier molecular flexibility index (Phi) is 2.82. The molecule has 5 heteroatoms. The van der Waals surface area contributed by atoms with Crippen LogP contribution < -0.4 is 5.59 Å². The lowest BCUT2D eigenvalue weighted by Crippen LogP contribution is -2.37. The minimum absolute atomic E-state index is 0.327. The van der Waals surface area contributed by atoms with Crippen LogP contribution in [0.5, 0.6) is 0 Å². The fraction of sp³-hybridized carbons (Fsp3) is 0.143. The van der Waals surface area contributed by atoms with Crippen molar-refractivity contribution in [2.75, 3.05) is 0 Å². The summed E-state index contributed by atoms with van der Waals surface area (Å²) >= 11 is 0. The van der Waals surface area contributed by atoms with E-state index in [0.717, 1.165) is 0 Å². The molecule has 62 valence electrons. The Morgan fingerprint density at radius 1 is 1.67 bits per heavy atom. The van der Waals surface area contributed by atoms with Crippen molar-refractivity contribution >= 4 is 18.7 Å². The molecule has 0 radical (unpaired) electrons. The largest absolute Gasteiger partial charge is 0.581 e. The molecule has 0 aliphatic heterocycles. The summed E-state index contributed by atoms with van der Waals surface area (Å²) in [7, 11) is -1.26. The van der Waals surface area contributed by atoms with Crippen molar-refractivity contribution in [3.8, 4) is 0 Å². The van der Waals surface area contributed by atoms with Gasteiger partial charge < -0.3 is 9.68 Å². The van der Waals surface area contributed by atoms with Crippen LogP contribution in [0.2, 0.25) is 0 Å². The molecular formula is C7H8BNO3. The SMILES string of the molecule is CC(=O)OB(O)c1ccccn1. The Bertz CT molecular complexity index is 265. The van der Waals surface area contributed by atoms with E-state index in [1.54, 1.807) is 18.2 Å². The van der Waals surface area contributed by atoms with Crippen LogP contribution in [-0.4, -0.2) is 23.1 Å². The molecule has 1 heterocycles. The summed E-state index contributed by atoms with van der Waals surface area (Å²) in [4.78, 5) is 14.2. The van der Waals surface area contributed by atoms with Crippen molar-refractivity contribution in [1.82, 2.24) is 4.98 Å². The average molecular weight is 165 g/mol.